The van der Waals surface area contributed by atoms with Crippen LogP contribution in [0, 0.1) is 0 Å². The zero-order chi connectivity index (χ0) is 11.1. The van der Waals surface area contributed by atoms with E-state index in [1.54, 1.807) is 6.07 Å². The Bertz CT molecular complexity index is 619. The van der Waals surface area contributed by atoms with Gasteiger partial charge in [-0.15, -0.1) is 0 Å². The summed E-state index contributed by atoms with van der Waals surface area (Å²) >= 11 is 5.81. The molecule has 1 aromatic heterocycles. The third kappa shape index (κ3) is 1.32. The monoisotopic (exact) mass is 233 g/mol. The fourth-order valence-corrected chi connectivity index (χ4v) is 2.02. The Morgan fingerprint density at radius 3 is 2.94 bits per heavy atom. The van der Waals surface area contributed by atoms with Gasteiger partial charge in [-0.1, -0.05) is 35.9 Å². The summed E-state index contributed by atoms with van der Waals surface area (Å²) < 4.78 is 5.47. The van der Waals surface area contributed by atoms with E-state index in [1.165, 1.54) is 0 Å². The molecule has 3 rings (SSSR count). The van der Waals surface area contributed by atoms with Gasteiger partial charge in [0.15, 0.2) is 0 Å². The molecule has 0 saturated heterocycles. The average molecular weight is 234 g/mol. The molecule has 0 unspecified atom stereocenters. The van der Waals surface area contributed by atoms with Crippen molar-refractivity contribution in [2.75, 3.05) is 0 Å². The minimum absolute atomic E-state index is 0.180. The normalized spacial score (nSPS) is 12.6. The maximum absolute atomic E-state index is 11.3. The maximum Gasteiger partial charge on any atom is 0.269 e. The van der Waals surface area contributed by atoms with Crippen LogP contribution in [0.3, 0.4) is 0 Å². The van der Waals surface area contributed by atoms with Gasteiger partial charge in [0, 0.05) is 5.56 Å². The summed E-state index contributed by atoms with van der Waals surface area (Å²) in [5.41, 5.74) is 2.67. The van der Waals surface area contributed by atoms with Gasteiger partial charge in [0.25, 0.3) is 5.56 Å². The molecule has 0 radical (unpaired) electrons. The third-order valence-corrected chi connectivity index (χ3v) is 2.92. The Morgan fingerprint density at radius 1 is 1.25 bits per heavy atom. The second-order valence-corrected chi connectivity index (χ2v) is 4.04. The fraction of sp³-hybridized carbons (Fsp3) is 0.0833. The number of hydrogen-bond acceptors (Lipinski definition) is 2. The van der Waals surface area contributed by atoms with E-state index in [-0.39, 0.29) is 10.6 Å². The third-order valence-electron chi connectivity index (χ3n) is 2.64. The van der Waals surface area contributed by atoms with Crippen LogP contribution in [0.1, 0.15) is 5.56 Å². The number of nitrogens with one attached hydrogen (secondary N) is 1. The van der Waals surface area contributed by atoms with Crippen molar-refractivity contribution < 1.29 is 4.74 Å². The first-order valence-electron chi connectivity index (χ1n) is 4.89. The summed E-state index contributed by atoms with van der Waals surface area (Å²) in [6.07, 6.45) is 0. The average Bonchev–Trinajstić information content (AvgIpc) is 2.31. The van der Waals surface area contributed by atoms with Crippen LogP contribution in [0.15, 0.2) is 35.1 Å². The number of ether oxygens (including phenoxy) is 1. The molecule has 4 heteroatoms. The molecule has 0 aliphatic carbocycles. The van der Waals surface area contributed by atoms with Gasteiger partial charge in [0.2, 0.25) is 5.88 Å². The Balaban J connectivity index is 2.32. The highest BCUT2D eigenvalue weighted by Crippen LogP contribution is 2.35. The highest BCUT2D eigenvalue weighted by Gasteiger charge is 2.18. The van der Waals surface area contributed by atoms with Gasteiger partial charge in [0.1, 0.15) is 11.6 Å². The summed E-state index contributed by atoms with van der Waals surface area (Å²) in [7, 11) is 0. The number of pyridine rings is 1. The maximum atomic E-state index is 11.3. The Morgan fingerprint density at radius 2 is 2.06 bits per heavy atom. The summed E-state index contributed by atoms with van der Waals surface area (Å²) in [4.78, 5) is 14.0. The molecule has 80 valence electrons. The van der Waals surface area contributed by atoms with E-state index in [9.17, 15) is 4.79 Å². The summed E-state index contributed by atoms with van der Waals surface area (Å²) in [6, 6.07) is 9.55. The zero-order valence-electron chi connectivity index (χ0n) is 8.29. The standard InChI is InChI=1S/C12H8ClNO2/c13-10-5-9-8-4-2-1-3-7(8)6-16-12(9)14-11(10)15/h1-5H,6H2,(H,14,15). The quantitative estimate of drug-likeness (QED) is 0.760. The largest absolute Gasteiger partial charge is 0.474 e. The SMILES string of the molecule is O=c1[nH]c2c(cc1Cl)-c1ccccc1CO2. The van der Waals surface area contributed by atoms with Crippen LogP contribution >= 0.6 is 11.6 Å². The molecule has 0 spiro atoms. The van der Waals surface area contributed by atoms with E-state index in [0.717, 1.165) is 16.7 Å². The number of fused-ring (bicyclic) bond motifs is 3. The van der Waals surface area contributed by atoms with Crippen LogP contribution < -0.4 is 10.3 Å². The first-order valence-corrected chi connectivity index (χ1v) is 5.27. The van der Waals surface area contributed by atoms with Crippen molar-refractivity contribution in [2.45, 2.75) is 6.61 Å². The van der Waals surface area contributed by atoms with E-state index < -0.39 is 0 Å². The van der Waals surface area contributed by atoms with Crippen molar-refractivity contribution in [3.05, 3.63) is 51.3 Å². The van der Waals surface area contributed by atoms with Crippen LogP contribution in [0.2, 0.25) is 5.02 Å². The van der Waals surface area contributed by atoms with Crippen LogP contribution in [0.25, 0.3) is 11.1 Å². The number of H-pyrrole nitrogens is 1. The Labute approximate surface area is 96.6 Å². The van der Waals surface area contributed by atoms with Crippen molar-refractivity contribution in [3.63, 3.8) is 0 Å². The molecular weight excluding hydrogens is 226 g/mol. The molecule has 2 aromatic rings. The molecule has 3 nitrogen and oxygen atoms in total. The number of aromatic amines is 1. The van der Waals surface area contributed by atoms with Crippen molar-refractivity contribution in [3.8, 4) is 17.0 Å². The lowest BCUT2D eigenvalue weighted by Crippen LogP contribution is -2.13. The van der Waals surface area contributed by atoms with Gasteiger partial charge in [-0.2, -0.15) is 0 Å². The lowest BCUT2D eigenvalue weighted by molar-refractivity contribution is 0.289. The number of rotatable bonds is 0. The van der Waals surface area contributed by atoms with Gasteiger partial charge in [-0.25, -0.2) is 0 Å². The number of aromatic nitrogens is 1. The Hall–Kier alpha value is -1.74. The smallest absolute Gasteiger partial charge is 0.269 e. The molecule has 1 aliphatic heterocycles. The first-order chi connectivity index (χ1) is 7.75. The van der Waals surface area contributed by atoms with E-state index >= 15 is 0 Å². The zero-order valence-corrected chi connectivity index (χ0v) is 9.04. The topological polar surface area (TPSA) is 42.1 Å². The van der Waals surface area contributed by atoms with E-state index in [4.69, 9.17) is 16.3 Å². The van der Waals surface area contributed by atoms with Crippen molar-refractivity contribution in [2.24, 2.45) is 0 Å². The molecule has 1 N–H and O–H groups in total. The molecule has 2 heterocycles. The highest BCUT2D eigenvalue weighted by molar-refractivity contribution is 6.30. The molecule has 0 amide bonds. The lowest BCUT2D eigenvalue weighted by Gasteiger charge is -2.19. The summed E-state index contributed by atoms with van der Waals surface area (Å²) in [6.45, 7) is 0.473. The highest BCUT2D eigenvalue weighted by atomic mass is 35.5. The fourth-order valence-electron chi connectivity index (χ4n) is 1.86. The lowest BCUT2D eigenvalue weighted by atomic mass is 9.99. The number of halogens is 1. The van der Waals surface area contributed by atoms with Crippen LogP contribution in [-0.2, 0) is 6.61 Å². The first kappa shape index (κ1) is 9.48. The molecule has 0 bridgehead atoms. The Kier molecular flexibility index (Phi) is 2.01. The summed E-state index contributed by atoms with van der Waals surface area (Å²) in [5, 5.41) is 0.180. The molecule has 0 fully saturated rings. The van der Waals surface area contributed by atoms with E-state index in [2.05, 4.69) is 4.98 Å². The number of hydrogen-bond donors (Lipinski definition) is 1. The molecular formula is C12H8ClNO2. The molecule has 0 saturated carbocycles. The molecule has 16 heavy (non-hydrogen) atoms. The molecule has 1 aliphatic rings. The van der Waals surface area contributed by atoms with Gasteiger partial charge in [0.05, 0.1) is 0 Å². The second-order valence-electron chi connectivity index (χ2n) is 3.64. The van der Waals surface area contributed by atoms with Crippen molar-refractivity contribution >= 4 is 11.6 Å². The molecule has 1 aromatic carbocycles. The van der Waals surface area contributed by atoms with Gasteiger partial charge in [-0.3, -0.25) is 9.78 Å². The predicted octanol–water partition coefficient (Wildman–Crippen LogP) is 2.59. The summed E-state index contributed by atoms with van der Waals surface area (Å²) in [5.74, 6) is 0.494. The second kappa shape index (κ2) is 3.39. The van der Waals surface area contributed by atoms with Gasteiger partial charge in [-0.05, 0) is 17.2 Å². The number of benzene rings is 1. The van der Waals surface area contributed by atoms with Crippen LogP contribution in [0.5, 0.6) is 5.88 Å². The molecule has 0 atom stereocenters. The van der Waals surface area contributed by atoms with E-state index in [0.29, 0.717) is 12.5 Å². The van der Waals surface area contributed by atoms with Crippen LogP contribution in [-0.4, -0.2) is 4.98 Å². The van der Waals surface area contributed by atoms with Gasteiger partial charge >= 0.3 is 0 Å². The van der Waals surface area contributed by atoms with E-state index in [1.807, 2.05) is 24.3 Å². The predicted molar refractivity (Wildman–Crippen MR) is 61.8 cm³/mol. The van der Waals surface area contributed by atoms with Crippen LogP contribution in [0.4, 0.5) is 0 Å². The van der Waals surface area contributed by atoms with Crippen molar-refractivity contribution in [1.82, 2.24) is 4.98 Å². The minimum atomic E-state index is -0.320. The van der Waals surface area contributed by atoms with Gasteiger partial charge < -0.3 is 4.74 Å². The minimum Gasteiger partial charge on any atom is -0.474 e. The van der Waals surface area contributed by atoms with Crippen molar-refractivity contribution in [1.29, 1.82) is 0 Å².